The highest BCUT2D eigenvalue weighted by molar-refractivity contribution is 5.99. The lowest BCUT2D eigenvalue weighted by Gasteiger charge is -2.19. The maximum absolute atomic E-state index is 12.2. The molecule has 0 saturated carbocycles. The van der Waals surface area contributed by atoms with E-state index in [9.17, 15) is 4.79 Å². The zero-order valence-electron chi connectivity index (χ0n) is 12.1. The van der Waals surface area contributed by atoms with E-state index in [2.05, 4.69) is 4.90 Å². The van der Waals surface area contributed by atoms with Crippen LogP contribution in [-0.2, 0) is 0 Å². The van der Waals surface area contributed by atoms with Crippen molar-refractivity contribution in [1.82, 2.24) is 9.80 Å². The molecule has 1 amide bonds. The summed E-state index contributed by atoms with van der Waals surface area (Å²) in [5.74, 6) is 0.600. The first-order chi connectivity index (χ1) is 8.95. The van der Waals surface area contributed by atoms with Gasteiger partial charge in [0.2, 0.25) is 0 Å². The van der Waals surface area contributed by atoms with Gasteiger partial charge < -0.3 is 20.3 Å². The van der Waals surface area contributed by atoms with Crippen molar-refractivity contribution >= 4 is 11.6 Å². The fraction of sp³-hybridized carbons (Fsp3) is 0.500. The largest absolute Gasteiger partial charge is 0.497 e. The summed E-state index contributed by atoms with van der Waals surface area (Å²) in [6.07, 6.45) is 0.936. The van der Waals surface area contributed by atoms with Crippen LogP contribution in [0.15, 0.2) is 18.2 Å². The molecule has 0 unspecified atom stereocenters. The first kappa shape index (κ1) is 15.3. The van der Waals surface area contributed by atoms with E-state index >= 15 is 0 Å². The quantitative estimate of drug-likeness (QED) is 0.788. The minimum atomic E-state index is -0.0566. The number of hydrogen-bond acceptors (Lipinski definition) is 4. The number of nitrogen functional groups attached to an aromatic ring is 1. The standard InChI is InChI=1S/C14H23N3O2/c1-16(2)8-5-9-17(3)14(18)12-7-6-11(19-4)10-13(12)15/h6-7,10H,5,8-9,15H2,1-4H3. The second kappa shape index (κ2) is 6.99. The van der Waals surface area contributed by atoms with E-state index in [0.29, 0.717) is 23.5 Å². The molecule has 1 aromatic rings. The molecule has 0 heterocycles. The van der Waals surface area contributed by atoms with E-state index in [1.165, 1.54) is 0 Å². The predicted molar refractivity (Wildman–Crippen MR) is 77.5 cm³/mol. The van der Waals surface area contributed by atoms with Crippen LogP contribution in [0.1, 0.15) is 16.8 Å². The molecule has 0 bridgehead atoms. The summed E-state index contributed by atoms with van der Waals surface area (Å²) < 4.78 is 5.07. The van der Waals surface area contributed by atoms with Crippen LogP contribution in [-0.4, -0.2) is 57.0 Å². The Hall–Kier alpha value is -1.75. The molecule has 5 nitrogen and oxygen atoms in total. The first-order valence-electron chi connectivity index (χ1n) is 6.29. The average Bonchev–Trinajstić information content (AvgIpc) is 2.37. The van der Waals surface area contributed by atoms with Crippen LogP contribution in [0.25, 0.3) is 0 Å². The van der Waals surface area contributed by atoms with Crippen molar-refractivity contribution in [3.63, 3.8) is 0 Å². The zero-order chi connectivity index (χ0) is 14.4. The molecule has 106 valence electrons. The third-order valence-corrected chi connectivity index (χ3v) is 2.93. The second-order valence-electron chi connectivity index (χ2n) is 4.84. The number of nitrogens with two attached hydrogens (primary N) is 1. The van der Waals surface area contributed by atoms with Crippen LogP contribution < -0.4 is 10.5 Å². The van der Waals surface area contributed by atoms with Crippen molar-refractivity contribution in [1.29, 1.82) is 0 Å². The molecule has 0 aliphatic carbocycles. The Balaban J connectivity index is 2.66. The maximum atomic E-state index is 12.2. The number of anilines is 1. The van der Waals surface area contributed by atoms with Gasteiger partial charge in [0.05, 0.1) is 12.7 Å². The highest BCUT2D eigenvalue weighted by Crippen LogP contribution is 2.20. The number of hydrogen-bond donors (Lipinski definition) is 1. The molecule has 0 saturated heterocycles. The van der Waals surface area contributed by atoms with Crippen LogP contribution in [0.5, 0.6) is 5.75 Å². The number of nitrogens with zero attached hydrogens (tertiary/aromatic N) is 2. The molecule has 0 aromatic heterocycles. The Labute approximate surface area is 114 Å². The monoisotopic (exact) mass is 265 g/mol. The SMILES string of the molecule is COc1ccc(C(=O)N(C)CCCN(C)C)c(N)c1. The van der Waals surface area contributed by atoms with E-state index in [1.54, 1.807) is 37.3 Å². The molecule has 2 N–H and O–H groups in total. The maximum Gasteiger partial charge on any atom is 0.255 e. The van der Waals surface area contributed by atoms with Crippen molar-refractivity contribution < 1.29 is 9.53 Å². The Morgan fingerprint density at radius 1 is 1.26 bits per heavy atom. The minimum absolute atomic E-state index is 0.0566. The van der Waals surface area contributed by atoms with E-state index < -0.39 is 0 Å². The van der Waals surface area contributed by atoms with E-state index in [1.807, 2.05) is 14.1 Å². The Bertz CT molecular complexity index is 433. The highest BCUT2D eigenvalue weighted by Gasteiger charge is 2.14. The average molecular weight is 265 g/mol. The Morgan fingerprint density at radius 2 is 1.95 bits per heavy atom. The van der Waals surface area contributed by atoms with Crippen LogP contribution in [0.2, 0.25) is 0 Å². The van der Waals surface area contributed by atoms with Gasteiger partial charge >= 0.3 is 0 Å². The number of benzene rings is 1. The zero-order valence-corrected chi connectivity index (χ0v) is 12.1. The fourth-order valence-corrected chi connectivity index (χ4v) is 1.79. The van der Waals surface area contributed by atoms with Crippen molar-refractivity contribution in [2.75, 3.05) is 47.1 Å². The van der Waals surface area contributed by atoms with Crippen LogP contribution in [0.3, 0.4) is 0 Å². The summed E-state index contributed by atoms with van der Waals surface area (Å²) >= 11 is 0. The molecule has 0 spiro atoms. The van der Waals surface area contributed by atoms with Crippen molar-refractivity contribution in [3.8, 4) is 5.75 Å². The fourth-order valence-electron chi connectivity index (χ4n) is 1.79. The predicted octanol–water partition coefficient (Wildman–Crippen LogP) is 1.30. The highest BCUT2D eigenvalue weighted by atomic mass is 16.5. The molecule has 5 heteroatoms. The van der Waals surface area contributed by atoms with Gasteiger partial charge in [-0.25, -0.2) is 0 Å². The van der Waals surface area contributed by atoms with Gasteiger partial charge in [-0.15, -0.1) is 0 Å². The molecule has 19 heavy (non-hydrogen) atoms. The number of carbonyl (C=O) groups is 1. The lowest BCUT2D eigenvalue weighted by Crippen LogP contribution is -2.30. The molecule has 1 aromatic carbocycles. The summed E-state index contributed by atoms with van der Waals surface area (Å²) in [7, 11) is 7.40. The van der Waals surface area contributed by atoms with E-state index in [-0.39, 0.29) is 5.91 Å². The summed E-state index contributed by atoms with van der Waals surface area (Å²) in [5.41, 5.74) is 6.85. The van der Waals surface area contributed by atoms with Gasteiger partial charge in [-0.05, 0) is 39.2 Å². The van der Waals surface area contributed by atoms with Crippen LogP contribution in [0, 0.1) is 0 Å². The summed E-state index contributed by atoms with van der Waals surface area (Å²) in [4.78, 5) is 16.0. The van der Waals surface area contributed by atoms with Gasteiger partial charge in [0.15, 0.2) is 0 Å². The molecular formula is C14H23N3O2. The van der Waals surface area contributed by atoms with E-state index in [0.717, 1.165) is 13.0 Å². The van der Waals surface area contributed by atoms with E-state index in [4.69, 9.17) is 10.5 Å². The molecule has 0 atom stereocenters. The van der Waals surface area contributed by atoms with Gasteiger partial charge in [0.25, 0.3) is 5.91 Å². The van der Waals surface area contributed by atoms with Gasteiger partial charge in [0.1, 0.15) is 5.75 Å². The third kappa shape index (κ3) is 4.44. The topological polar surface area (TPSA) is 58.8 Å². The lowest BCUT2D eigenvalue weighted by atomic mass is 10.1. The molecule has 0 radical (unpaired) electrons. The van der Waals surface area contributed by atoms with Gasteiger partial charge in [0, 0.05) is 25.3 Å². The van der Waals surface area contributed by atoms with Crippen molar-refractivity contribution in [2.45, 2.75) is 6.42 Å². The summed E-state index contributed by atoms with van der Waals surface area (Å²) in [6, 6.07) is 5.12. The number of carbonyl (C=O) groups excluding carboxylic acids is 1. The van der Waals surface area contributed by atoms with Crippen molar-refractivity contribution in [3.05, 3.63) is 23.8 Å². The summed E-state index contributed by atoms with van der Waals surface area (Å²) in [6.45, 7) is 1.66. The molecular weight excluding hydrogens is 242 g/mol. The Morgan fingerprint density at radius 3 is 2.47 bits per heavy atom. The van der Waals surface area contributed by atoms with Gasteiger partial charge in [-0.2, -0.15) is 0 Å². The molecule has 0 aliphatic rings. The number of amides is 1. The molecule has 0 fully saturated rings. The second-order valence-corrected chi connectivity index (χ2v) is 4.84. The smallest absolute Gasteiger partial charge is 0.255 e. The first-order valence-corrected chi connectivity index (χ1v) is 6.29. The Kier molecular flexibility index (Phi) is 5.63. The number of rotatable bonds is 6. The van der Waals surface area contributed by atoms with Gasteiger partial charge in [-0.3, -0.25) is 4.79 Å². The van der Waals surface area contributed by atoms with Gasteiger partial charge in [-0.1, -0.05) is 0 Å². The summed E-state index contributed by atoms with van der Waals surface area (Å²) in [5, 5.41) is 0. The third-order valence-electron chi connectivity index (χ3n) is 2.93. The molecule has 0 aliphatic heterocycles. The normalized spacial score (nSPS) is 10.6. The number of ether oxygens (including phenoxy) is 1. The molecule has 1 rings (SSSR count). The minimum Gasteiger partial charge on any atom is -0.497 e. The number of methoxy groups -OCH3 is 1. The van der Waals surface area contributed by atoms with Crippen LogP contribution in [0.4, 0.5) is 5.69 Å². The van der Waals surface area contributed by atoms with Crippen LogP contribution >= 0.6 is 0 Å². The van der Waals surface area contributed by atoms with Crippen molar-refractivity contribution in [2.24, 2.45) is 0 Å². The lowest BCUT2D eigenvalue weighted by molar-refractivity contribution is 0.0791.